The van der Waals surface area contributed by atoms with Crippen molar-refractivity contribution in [3.63, 3.8) is 0 Å². The maximum Gasteiger partial charge on any atom is 0.0595 e. The molecule has 2 saturated heterocycles. The molecule has 3 rings (SSSR count). The van der Waals surface area contributed by atoms with Crippen LogP contribution in [0.4, 0.5) is 0 Å². The molecule has 1 aromatic rings. The number of hydrogen-bond donors (Lipinski definition) is 2. The van der Waals surface area contributed by atoms with Gasteiger partial charge in [-0.05, 0) is 42.9 Å². The smallest absolute Gasteiger partial charge is 0.0595 e. The lowest BCUT2D eigenvalue weighted by Crippen LogP contribution is -2.45. The minimum atomic E-state index is 0.231. The first-order valence-electron chi connectivity index (χ1n) is 6.51. The second-order valence-electron chi connectivity index (χ2n) is 5.41. The van der Waals surface area contributed by atoms with E-state index in [2.05, 4.69) is 5.32 Å². The van der Waals surface area contributed by atoms with Crippen molar-refractivity contribution in [2.45, 2.75) is 37.3 Å². The standard InChI is InChI=1S/C14H17Cl2NO/c15-12-3-1-8(5-13(12)16)10-6-9-2-4-14(17-9)11(10)7-18/h1,3,5,9-11,14,17-18H,2,4,6-7H2/t9?,10?,11-,14?/m1/s1. The third kappa shape index (κ3) is 2.16. The first-order valence-corrected chi connectivity index (χ1v) is 7.26. The second-order valence-corrected chi connectivity index (χ2v) is 6.22. The van der Waals surface area contributed by atoms with E-state index >= 15 is 0 Å². The van der Waals surface area contributed by atoms with Crippen LogP contribution >= 0.6 is 23.2 Å². The fraction of sp³-hybridized carbons (Fsp3) is 0.571. The Labute approximate surface area is 117 Å². The molecule has 2 bridgehead atoms. The van der Waals surface area contributed by atoms with Gasteiger partial charge in [-0.25, -0.2) is 0 Å². The van der Waals surface area contributed by atoms with Gasteiger partial charge in [0.1, 0.15) is 0 Å². The second kappa shape index (κ2) is 5.01. The molecule has 0 spiro atoms. The Morgan fingerprint density at radius 1 is 1.22 bits per heavy atom. The van der Waals surface area contributed by atoms with Crippen molar-refractivity contribution in [3.05, 3.63) is 33.8 Å². The molecule has 18 heavy (non-hydrogen) atoms. The zero-order valence-corrected chi connectivity index (χ0v) is 11.6. The average molecular weight is 286 g/mol. The van der Waals surface area contributed by atoms with Gasteiger partial charge in [-0.3, -0.25) is 0 Å². The molecule has 2 heterocycles. The molecule has 0 aliphatic carbocycles. The van der Waals surface area contributed by atoms with Crippen LogP contribution in [0.3, 0.4) is 0 Å². The molecule has 0 aromatic heterocycles. The van der Waals surface area contributed by atoms with Gasteiger partial charge in [0.2, 0.25) is 0 Å². The third-order valence-electron chi connectivity index (χ3n) is 4.43. The van der Waals surface area contributed by atoms with Crippen molar-refractivity contribution >= 4 is 23.2 Å². The van der Waals surface area contributed by atoms with Gasteiger partial charge in [-0.2, -0.15) is 0 Å². The summed E-state index contributed by atoms with van der Waals surface area (Å²) in [5.74, 6) is 0.685. The first-order chi connectivity index (χ1) is 8.69. The molecular formula is C14H17Cl2NO. The van der Waals surface area contributed by atoms with Crippen LogP contribution < -0.4 is 5.32 Å². The van der Waals surface area contributed by atoms with Crippen molar-refractivity contribution in [3.8, 4) is 0 Å². The molecule has 1 aromatic carbocycles. The van der Waals surface area contributed by atoms with E-state index in [0.29, 0.717) is 34.0 Å². The molecule has 3 unspecified atom stereocenters. The number of aliphatic hydroxyl groups is 1. The van der Waals surface area contributed by atoms with Crippen LogP contribution in [0, 0.1) is 5.92 Å². The van der Waals surface area contributed by atoms with Gasteiger partial charge in [0.05, 0.1) is 10.0 Å². The van der Waals surface area contributed by atoms with Gasteiger partial charge in [-0.15, -0.1) is 0 Å². The van der Waals surface area contributed by atoms with Crippen LogP contribution in [0.25, 0.3) is 0 Å². The van der Waals surface area contributed by atoms with Crippen LogP contribution in [-0.2, 0) is 0 Å². The van der Waals surface area contributed by atoms with Gasteiger partial charge in [-0.1, -0.05) is 29.3 Å². The van der Waals surface area contributed by atoms with E-state index in [9.17, 15) is 5.11 Å². The summed E-state index contributed by atoms with van der Waals surface area (Å²) in [6.07, 6.45) is 3.48. The number of halogens is 2. The highest BCUT2D eigenvalue weighted by Gasteiger charge is 2.41. The van der Waals surface area contributed by atoms with E-state index in [1.54, 1.807) is 0 Å². The molecule has 0 saturated carbocycles. The Bertz CT molecular complexity index is 451. The molecule has 2 nitrogen and oxygen atoms in total. The van der Waals surface area contributed by atoms with E-state index in [1.807, 2.05) is 18.2 Å². The van der Waals surface area contributed by atoms with E-state index in [-0.39, 0.29) is 6.61 Å². The average Bonchev–Trinajstić information content (AvgIpc) is 2.75. The Balaban J connectivity index is 1.91. The third-order valence-corrected chi connectivity index (χ3v) is 5.17. The summed E-state index contributed by atoms with van der Waals surface area (Å²) in [6, 6.07) is 6.91. The molecule has 0 amide bonds. The summed E-state index contributed by atoms with van der Waals surface area (Å²) in [5, 5.41) is 14.5. The quantitative estimate of drug-likeness (QED) is 0.875. The number of piperidine rings is 1. The molecule has 0 radical (unpaired) electrons. The largest absolute Gasteiger partial charge is 0.396 e. The molecular weight excluding hydrogens is 269 g/mol. The molecule has 4 atom stereocenters. The summed E-state index contributed by atoms with van der Waals surface area (Å²) in [4.78, 5) is 0. The highest BCUT2D eigenvalue weighted by Crippen LogP contribution is 2.42. The molecule has 2 N–H and O–H groups in total. The van der Waals surface area contributed by atoms with Gasteiger partial charge in [0, 0.05) is 24.6 Å². The normalized spacial score (nSPS) is 34.8. The Hall–Kier alpha value is -0.280. The van der Waals surface area contributed by atoms with Gasteiger partial charge in [0.15, 0.2) is 0 Å². The lowest BCUT2D eigenvalue weighted by molar-refractivity contribution is 0.144. The van der Waals surface area contributed by atoms with Crippen molar-refractivity contribution < 1.29 is 5.11 Å². The maximum absolute atomic E-state index is 9.67. The number of rotatable bonds is 2. The zero-order valence-electron chi connectivity index (χ0n) is 10.1. The summed E-state index contributed by atoms with van der Waals surface area (Å²) < 4.78 is 0. The molecule has 98 valence electrons. The number of fused-ring (bicyclic) bond motifs is 2. The van der Waals surface area contributed by atoms with Crippen LogP contribution in [0.1, 0.15) is 30.7 Å². The zero-order chi connectivity index (χ0) is 12.7. The molecule has 2 fully saturated rings. The summed E-state index contributed by atoms with van der Waals surface area (Å²) in [5.41, 5.74) is 1.21. The minimum Gasteiger partial charge on any atom is -0.396 e. The minimum absolute atomic E-state index is 0.231. The number of hydrogen-bond acceptors (Lipinski definition) is 2. The van der Waals surface area contributed by atoms with Crippen molar-refractivity contribution in [1.29, 1.82) is 0 Å². The predicted octanol–water partition coefficient (Wildman–Crippen LogP) is 3.21. The predicted molar refractivity (Wildman–Crippen MR) is 74.3 cm³/mol. The van der Waals surface area contributed by atoms with E-state index in [1.165, 1.54) is 18.4 Å². The summed E-state index contributed by atoms with van der Waals surface area (Å²) in [6.45, 7) is 0.231. The van der Waals surface area contributed by atoms with Gasteiger partial charge >= 0.3 is 0 Å². The Morgan fingerprint density at radius 3 is 2.78 bits per heavy atom. The number of benzene rings is 1. The van der Waals surface area contributed by atoms with Gasteiger partial charge < -0.3 is 10.4 Å². The summed E-state index contributed by atoms with van der Waals surface area (Å²) >= 11 is 12.1. The van der Waals surface area contributed by atoms with Gasteiger partial charge in [0.25, 0.3) is 0 Å². The first kappa shape index (κ1) is 12.7. The molecule has 2 aliphatic rings. The summed E-state index contributed by atoms with van der Waals surface area (Å²) in [7, 11) is 0. The van der Waals surface area contributed by atoms with Crippen LogP contribution in [0.15, 0.2) is 18.2 Å². The lowest BCUT2D eigenvalue weighted by Gasteiger charge is -2.37. The van der Waals surface area contributed by atoms with Crippen LogP contribution in [0.5, 0.6) is 0 Å². The SMILES string of the molecule is OC[C@H]1C2CCC(CC1c1ccc(Cl)c(Cl)c1)N2. The van der Waals surface area contributed by atoms with E-state index in [4.69, 9.17) is 23.2 Å². The van der Waals surface area contributed by atoms with Crippen molar-refractivity contribution in [2.24, 2.45) is 5.92 Å². The maximum atomic E-state index is 9.67. The Kier molecular flexibility index (Phi) is 3.55. The van der Waals surface area contributed by atoms with E-state index < -0.39 is 0 Å². The number of nitrogens with one attached hydrogen (secondary N) is 1. The Morgan fingerprint density at radius 2 is 2.06 bits per heavy atom. The van der Waals surface area contributed by atoms with Crippen LogP contribution in [-0.4, -0.2) is 23.8 Å². The molecule has 4 heteroatoms. The number of aliphatic hydroxyl groups excluding tert-OH is 1. The lowest BCUT2D eigenvalue weighted by atomic mass is 9.77. The topological polar surface area (TPSA) is 32.3 Å². The molecule has 2 aliphatic heterocycles. The highest BCUT2D eigenvalue weighted by atomic mass is 35.5. The fourth-order valence-electron chi connectivity index (χ4n) is 3.52. The highest BCUT2D eigenvalue weighted by molar-refractivity contribution is 6.42. The van der Waals surface area contributed by atoms with Crippen LogP contribution in [0.2, 0.25) is 10.0 Å². The van der Waals surface area contributed by atoms with E-state index in [0.717, 1.165) is 6.42 Å². The fourth-order valence-corrected chi connectivity index (χ4v) is 3.82. The monoisotopic (exact) mass is 285 g/mol. The van der Waals surface area contributed by atoms with Crippen molar-refractivity contribution in [2.75, 3.05) is 6.61 Å². The van der Waals surface area contributed by atoms with Crippen molar-refractivity contribution in [1.82, 2.24) is 5.32 Å².